The molecule has 0 unspecified atom stereocenters. The molecule has 1 heterocycles. The summed E-state index contributed by atoms with van der Waals surface area (Å²) in [5.74, 6) is -0.413. The van der Waals surface area contributed by atoms with E-state index >= 15 is 0 Å². The first-order valence-electron chi connectivity index (χ1n) is 10.3. The lowest BCUT2D eigenvalue weighted by Crippen LogP contribution is -2.48. The zero-order chi connectivity index (χ0) is 24.5. The van der Waals surface area contributed by atoms with Crippen molar-refractivity contribution in [1.82, 2.24) is 4.90 Å². The molecule has 4 rings (SSSR count). The van der Waals surface area contributed by atoms with Crippen LogP contribution in [-0.4, -0.2) is 50.3 Å². The number of benzene rings is 3. The Bertz CT molecular complexity index is 1370. The Labute approximate surface area is 206 Å². The van der Waals surface area contributed by atoms with E-state index in [4.69, 9.17) is 23.2 Å². The predicted octanol–water partition coefficient (Wildman–Crippen LogP) is 4.70. The largest absolute Gasteiger partial charge is 0.367 e. The lowest BCUT2D eigenvalue weighted by molar-refractivity contribution is -0.387. The van der Waals surface area contributed by atoms with E-state index < -0.39 is 31.3 Å². The van der Waals surface area contributed by atoms with E-state index in [1.807, 2.05) is 18.2 Å². The van der Waals surface area contributed by atoms with E-state index in [9.17, 15) is 23.3 Å². The molecule has 0 bridgehead atoms. The highest BCUT2D eigenvalue weighted by Crippen LogP contribution is 2.34. The van der Waals surface area contributed by atoms with Gasteiger partial charge in [0.25, 0.3) is 11.6 Å². The number of nitro benzene ring substituents is 1. The number of carbonyl (C=O) groups is 1. The van der Waals surface area contributed by atoms with Gasteiger partial charge in [-0.2, -0.15) is 0 Å². The lowest BCUT2D eigenvalue weighted by Gasteiger charge is -2.36. The van der Waals surface area contributed by atoms with Crippen LogP contribution in [0.2, 0.25) is 10.0 Å². The molecule has 1 aliphatic heterocycles. The van der Waals surface area contributed by atoms with E-state index in [0.717, 1.165) is 17.8 Å². The molecule has 1 saturated heterocycles. The van der Waals surface area contributed by atoms with Crippen molar-refractivity contribution < 1.29 is 18.1 Å². The van der Waals surface area contributed by atoms with E-state index in [0.29, 0.717) is 31.2 Å². The van der Waals surface area contributed by atoms with Gasteiger partial charge in [0.05, 0.1) is 25.6 Å². The molecule has 0 aromatic heterocycles. The van der Waals surface area contributed by atoms with Gasteiger partial charge in [-0.15, -0.1) is 0 Å². The van der Waals surface area contributed by atoms with Crippen molar-refractivity contribution in [2.45, 2.75) is 9.79 Å². The number of nitrogens with zero attached hydrogens (tertiary/aromatic N) is 3. The third-order valence-corrected chi connectivity index (χ3v) is 8.20. The first kappa shape index (κ1) is 24.0. The van der Waals surface area contributed by atoms with Crippen molar-refractivity contribution in [2.75, 3.05) is 31.1 Å². The third kappa shape index (κ3) is 4.59. The molecule has 0 atom stereocenters. The smallest absolute Gasteiger partial charge is 0.289 e. The van der Waals surface area contributed by atoms with E-state index in [-0.39, 0.29) is 15.5 Å². The fourth-order valence-electron chi connectivity index (χ4n) is 3.84. The highest BCUT2D eigenvalue weighted by molar-refractivity contribution is 7.91. The number of anilines is 1. The number of carbonyl (C=O) groups excluding carboxylic acids is 1. The molecular weight excluding hydrogens is 501 g/mol. The van der Waals surface area contributed by atoms with Gasteiger partial charge in [0.2, 0.25) is 9.84 Å². The molecule has 3 aromatic carbocycles. The van der Waals surface area contributed by atoms with Crippen molar-refractivity contribution in [3.63, 3.8) is 0 Å². The Morgan fingerprint density at radius 1 is 0.853 bits per heavy atom. The monoisotopic (exact) mass is 519 g/mol. The number of para-hydroxylation sites is 1. The molecule has 0 radical (unpaired) electrons. The highest BCUT2D eigenvalue weighted by atomic mass is 35.5. The molecule has 1 fully saturated rings. The average molecular weight is 520 g/mol. The molecule has 176 valence electrons. The van der Waals surface area contributed by atoms with Crippen LogP contribution >= 0.6 is 23.2 Å². The van der Waals surface area contributed by atoms with Gasteiger partial charge in [-0.05, 0) is 36.4 Å². The second-order valence-electron chi connectivity index (χ2n) is 7.60. The van der Waals surface area contributed by atoms with Crippen LogP contribution in [0.3, 0.4) is 0 Å². The van der Waals surface area contributed by atoms with Gasteiger partial charge in [-0.3, -0.25) is 14.9 Å². The van der Waals surface area contributed by atoms with Crippen LogP contribution in [0.5, 0.6) is 0 Å². The van der Waals surface area contributed by atoms with Crippen molar-refractivity contribution in [3.05, 3.63) is 92.5 Å². The number of hydrogen-bond acceptors (Lipinski definition) is 6. The van der Waals surface area contributed by atoms with E-state index in [2.05, 4.69) is 4.90 Å². The number of sulfone groups is 1. The van der Waals surface area contributed by atoms with Crippen LogP contribution in [0.25, 0.3) is 0 Å². The normalized spacial score (nSPS) is 14.2. The van der Waals surface area contributed by atoms with Crippen LogP contribution in [0.1, 0.15) is 10.4 Å². The Hall–Kier alpha value is -3.14. The second kappa shape index (κ2) is 9.61. The fraction of sp³-hybridized carbons (Fsp3) is 0.174. The quantitative estimate of drug-likeness (QED) is 0.357. The molecule has 1 amide bonds. The number of halogens is 2. The topological polar surface area (TPSA) is 101 Å². The summed E-state index contributed by atoms with van der Waals surface area (Å²) in [6, 6.07) is 16.5. The van der Waals surface area contributed by atoms with Crippen molar-refractivity contribution in [3.8, 4) is 0 Å². The summed E-state index contributed by atoms with van der Waals surface area (Å²) >= 11 is 12.3. The fourth-order valence-corrected chi connectivity index (χ4v) is 6.01. The van der Waals surface area contributed by atoms with Gasteiger partial charge in [0.15, 0.2) is 0 Å². The van der Waals surface area contributed by atoms with Crippen molar-refractivity contribution >= 4 is 50.3 Å². The van der Waals surface area contributed by atoms with Gasteiger partial charge in [0.1, 0.15) is 4.90 Å². The number of rotatable bonds is 5. The Balaban J connectivity index is 1.58. The van der Waals surface area contributed by atoms with Crippen LogP contribution in [0, 0.1) is 10.1 Å². The number of nitro groups is 1. The average Bonchev–Trinajstić information content (AvgIpc) is 2.84. The molecule has 0 saturated carbocycles. The minimum atomic E-state index is -4.27. The Morgan fingerprint density at radius 3 is 2.09 bits per heavy atom. The maximum Gasteiger partial charge on any atom is 0.289 e. The third-order valence-electron chi connectivity index (χ3n) is 5.58. The SMILES string of the molecule is O=C(c1ccc(S(=O)(=O)c2ccccc2Cl)c([N+](=O)[O-])c1)N1CCN(c2ccccc2Cl)CC1. The second-order valence-corrected chi connectivity index (χ2v) is 10.3. The van der Waals surface area contributed by atoms with Gasteiger partial charge >= 0.3 is 0 Å². The number of hydrogen-bond donors (Lipinski definition) is 0. The van der Waals surface area contributed by atoms with Crippen LogP contribution in [0.4, 0.5) is 11.4 Å². The summed E-state index contributed by atoms with van der Waals surface area (Å²) in [5, 5.41) is 12.3. The summed E-state index contributed by atoms with van der Waals surface area (Å²) in [6.07, 6.45) is 0. The first-order chi connectivity index (χ1) is 16.2. The summed E-state index contributed by atoms with van der Waals surface area (Å²) in [6.45, 7) is 1.85. The summed E-state index contributed by atoms with van der Waals surface area (Å²) in [4.78, 5) is 26.9. The first-order valence-corrected chi connectivity index (χ1v) is 12.5. The number of amides is 1. The summed E-state index contributed by atoms with van der Waals surface area (Å²) in [5.41, 5.74) is 0.234. The molecule has 1 aliphatic rings. The van der Waals surface area contributed by atoms with Crippen molar-refractivity contribution in [2.24, 2.45) is 0 Å². The van der Waals surface area contributed by atoms with Gasteiger partial charge in [0, 0.05) is 37.8 Å². The van der Waals surface area contributed by atoms with Gasteiger partial charge < -0.3 is 9.80 Å². The van der Waals surface area contributed by atoms with Crippen LogP contribution in [-0.2, 0) is 9.84 Å². The molecule has 11 heteroatoms. The van der Waals surface area contributed by atoms with E-state index in [1.165, 1.54) is 24.3 Å². The molecule has 34 heavy (non-hydrogen) atoms. The summed E-state index contributed by atoms with van der Waals surface area (Å²) < 4.78 is 26.1. The predicted molar refractivity (Wildman–Crippen MR) is 130 cm³/mol. The molecule has 0 N–H and O–H groups in total. The Morgan fingerprint density at radius 2 is 1.47 bits per heavy atom. The highest BCUT2D eigenvalue weighted by Gasteiger charge is 2.31. The van der Waals surface area contributed by atoms with Gasteiger partial charge in [-0.1, -0.05) is 47.5 Å². The molecule has 0 aliphatic carbocycles. The molecular formula is C23H19Cl2N3O5S. The number of piperazine rings is 1. The van der Waals surface area contributed by atoms with Crippen molar-refractivity contribution in [1.29, 1.82) is 0 Å². The van der Waals surface area contributed by atoms with E-state index in [1.54, 1.807) is 17.0 Å². The zero-order valence-electron chi connectivity index (χ0n) is 17.7. The maximum absolute atomic E-state index is 13.1. The zero-order valence-corrected chi connectivity index (χ0v) is 20.1. The van der Waals surface area contributed by atoms with Gasteiger partial charge in [-0.25, -0.2) is 8.42 Å². The molecule has 0 spiro atoms. The standard InChI is InChI=1S/C23H19Cl2N3O5S/c24-17-5-1-3-7-19(17)26-11-13-27(14-12-26)23(29)16-9-10-22(20(15-16)28(30)31)34(32,33)21-8-4-2-6-18(21)25/h1-10,15H,11-14H2. The maximum atomic E-state index is 13.1. The summed E-state index contributed by atoms with van der Waals surface area (Å²) in [7, 11) is -4.27. The van der Waals surface area contributed by atoms with Crippen LogP contribution < -0.4 is 4.90 Å². The Kier molecular flexibility index (Phi) is 6.79. The lowest BCUT2D eigenvalue weighted by atomic mass is 10.1. The molecule has 3 aromatic rings. The minimum absolute atomic E-state index is 0.0380. The molecule has 8 nitrogen and oxygen atoms in total. The minimum Gasteiger partial charge on any atom is -0.367 e. The van der Waals surface area contributed by atoms with Crippen LogP contribution in [0.15, 0.2) is 76.5 Å².